The van der Waals surface area contributed by atoms with E-state index in [1.807, 2.05) is 35.2 Å². The number of aldehydes is 1. The van der Waals surface area contributed by atoms with E-state index in [9.17, 15) is 24.3 Å². The van der Waals surface area contributed by atoms with E-state index in [0.29, 0.717) is 23.3 Å². The van der Waals surface area contributed by atoms with Gasteiger partial charge in [0.15, 0.2) is 40.3 Å². The fourth-order valence-electron chi connectivity index (χ4n) is 7.12. The van der Waals surface area contributed by atoms with Gasteiger partial charge in [0.1, 0.15) is 17.7 Å². The van der Waals surface area contributed by atoms with E-state index in [0.717, 1.165) is 5.56 Å². The highest BCUT2D eigenvalue weighted by atomic mass is 35.5. The number of halogens is 1. The smallest absolute Gasteiger partial charge is 0.184 e. The number of carbonyl (C=O) groups is 4. The molecule has 6 rings (SSSR count). The quantitative estimate of drug-likeness (QED) is 0.263. The van der Waals surface area contributed by atoms with Gasteiger partial charge in [-0.1, -0.05) is 47.1 Å². The van der Waals surface area contributed by atoms with Gasteiger partial charge in [-0.2, -0.15) is 0 Å². The number of aliphatic hydroxyl groups is 1. The Morgan fingerprint density at radius 1 is 1.20 bits per heavy atom. The number of fused-ring (bicyclic) bond motifs is 4. The highest BCUT2D eigenvalue weighted by Gasteiger charge is 2.67. The van der Waals surface area contributed by atoms with E-state index in [1.165, 1.54) is 0 Å². The molecule has 3 aliphatic carbocycles. The molecule has 212 valence electrons. The van der Waals surface area contributed by atoms with Crippen molar-refractivity contribution in [2.75, 3.05) is 20.7 Å². The number of ether oxygens (including phenoxy) is 1. The summed E-state index contributed by atoms with van der Waals surface area (Å²) in [5, 5.41) is 14.6. The van der Waals surface area contributed by atoms with Crippen LogP contribution in [-0.2, 0) is 17.8 Å². The molecule has 0 aliphatic heterocycles. The van der Waals surface area contributed by atoms with Gasteiger partial charge in [0.25, 0.3) is 0 Å². The third-order valence-electron chi connectivity index (χ3n) is 8.94. The lowest BCUT2D eigenvalue weighted by atomic mass is 9.49. The Balaban J connectivity index is 1.48. The van der Waals surface area contributed by atoms with E-state index in [1.54, 1.807) is 21.0 Å². The molecule has 3 aromatic rings. The lowest BCUT2D eigenvalue weighted by molar-refractivity contribution is -0.145. The molecule has 0 radical (unpaired) electrons. The van der Waals surface area contributed by atoms with Crippen molar-refractivity contribution in [3.05, 3.63) is 74.9 Å². The Hall–Kier alpha value is -3.73. The van der Waals surface area contributed by atoms with E-state index in [4.69, 9.17) is 20.9 Å². The summed E-state index contributed by atoms with van der Waals surface area (Å²) < 4.78 is 11.6. The van der Waals surface area contributed by atoms with Crippen molar-refractivity contribution in [3.63, 3.8) is 0 Å². The van der Waals surface area contributed by atoms with E-state index in [2.05, 4.69) is 10.1 Å². The van der Waals surface area contributed by atoms with E-state index < -0.39 is 53.2 Å². The van der Waals surface area contributed by atoms with Gasteiger partial charge < -0.3 is 14.4 Å². The zero-order chi connectivity index (χ0) is 29.2. The van der Waals surface area contributed by atoms with Crippen molar-refractivity contribution in [2.45, 2.75) is 32.4 Å². The summed E-state index contributed by atoms with van der Waals surface area (Å²) in [4.78, 5) is 61.0. The summed E-state index contributed by atoms with van der Waals surface area (Å²) in [5.74, 6) is -3.95. The zero-order valence-corrected chi connectivity index (χ0v) is 23.5. The molecule has 1 aromatic carbocycles. The second-order valence-electron chi connectivity index (χ2n) is 11.2. The lowest BCUT2D eigenvalue weighted by Gasteiger charge is -2.53. The predicted molar refractivity (Wildman–Crippen MR) is 145 cm³/mol. The van der Waals surface area contributed by atoms with Crippen LogP contribution in [0.2, 0.25) is 5.15 Å². The number of rotatable bonds is 6. The molecule has 2 heterocycles. The van der Waals surface area contributed by atoms with Crippen LogP contribution in [0, 0.1) is 30.1 Å². The van der Waals surface area contributed by atoms with Crippen molar-refractivity contribution in [3.8, 4) is 5.75 Å². The number of hydrogen-bond donors (Lipinski definition) is 1. The topological polar surface area (TPSA) is 140 Å². The maximum Gasteiger partial charge on any atom is 0.184 e. The number of pyridine rings is 1. The van der Waals surface area contributed by atoms with Gasteiger partial charge in [0, 0.05) is 5.92 Å². The molecule has 2 aromatic heterocycles. The summed E-state index contributed by atoms with van der Waals surface area (Å²) in [7, 11) is 3.60. The lowest BCUT2D eigenvalue weighted by Crippen LogP contribution is -2.63. The average molecular weight is 578 g/mol. The fourth-order valence-corrected chi connectivity index (χ4v) is 7.36. The average Bonchev–Trinajstić information content (AvgIpc) is 3.33. The molecule has 0 spiro atoms. The second kappa shape index (κ2) is 9.97. The van der Waals surface area contributed by atoms with Crippen molar-refractivity contribution >= 4 is 35.2 Å². The molecule has 10 nitrogen and oxygen atoms in total. The van der Waals surface area contributed by atoms with Crippen LogP contribution < -0.4 is 4.74 Å². The molecule has 1 saturated carbocycles. The minimum absolute atomic E-state index is 0.00679. The van der Waals surface area contributed by atoms with Crippen molar-refractivity contribution in [1.82, 2.24) is 15.0 Å². The maximum atomic E-state index is 14.5. The summed E-state index contributed by atoms with van der Waals surface area (Å²) in [5.41, 5.74) is -0.151. The van der Waals surface area contributed by atoms with Crippen LogP contribution >= 0.6 is 11.6 Å². The van der Waals surface area contributed by atoms with Crippen LogP contribution in [0.4, 0.5) is 0 Å². The number of aromatic nitrogens is 2. The molecule has 5 unspecified atom stereocenters. The van der Waals surface area contributed by atoms with Gasteiger partial charge >= 0.3 is 0 Å². The SMILES string of the molecule is Cc1noc2c1C(=O)C1(CO)C(=O)C3C(=O)c4c(c(C=O)nc(Cl)c4OCc4ccccc4)CC3CC1C2N(C)C. The molecular weight excluding hydrogens is 550 g/mol. The van der Waals surface area contributed by atoms with Gasteiger partial charge in [-0.15, -0.1) is 0 Å². The van der Waals surface area contributed by atoms with Crippen LogP contribution in [0.25, 0.3) is 0 Å². The molecule has 3 aliphatic rings. The standard InChI is InChI=1S/C30H28ClN3O7/c1-14-20-25(41-33-14)23(34(2)3)18-10-16-9-17-19(11-35)32-29(31)26(40-12-15-7-5-4-6-8-15)22(17)24(37)21(16)28(39)30(18,13-36)27(20)38/h4-8,11,16,18,21,23,36H,9-10,12-13H2,1-3H3. The number of nitrogens with zero attached hydrogens (tertiary/aromatic N) is 3. The molecular formula is C30H28ClN3O7. The van der Waals surface area contributed by atoms with Crippen LogP contribution in [0.1, 0.15) is 66.2 Å². The van der Waals surface area contributed by atoms with Crippen LogP contribution in [0.3, 0.4) is 0 Å². The van der Waals surface area contributed by atoms with Gasteiger partial charge in [-0.3, -0.25) is 24.1 Å². The molecule has 41 heavy (non-hydrogen) atoms. The third-order valence-corrected chi connectivity index (χ3v) is 9.19. The third kappa shape index (κ3) is 3.84. The molecule has 1 fully saturated rings. The molecule has 0 saturated heterocycles. The summed E-state index contributed by atoms with van der Waals surface area (Å²) in [6.45, 7) is 0.926. The molecule has 0 amide bonds. The van der Waals surface area contributed by atoms with Crippen molar-refractivity contribution in [2.24, 2.45) is 23.2 Å². The largest absolute Gasteiger partial charge is 0.485 e. The van der Waals surface area contributed by atoms with E-state index in [-0.39, 0.29) is 47.2 Å². The number of carbonyl (C=O) groups excluding carboxylic acids is 4. The minimum Gasteiger partial charge on any atom is -0.485 e. The monoisotopic (exact) mass is 577 g/mol. The van der Waals surface area contributed by atoms with Crippen LogP contribution in [-0.4, -0.2) is 64.5 Å². The summed E-state index contributed by atoms with van der Waals surface area (Å²) >= 11 is 6.44. The van der Waals surface area contributed by atoms with Gasteiger partial charge in [-0.25, -0.2) is 4.98 Å². The molecule has 5 atom stereocenters. The van der Waals surface area contributed by atoms with Crippen molar-refractivity contribution in [1.29, 1.82) is 0 Å². The summed E-state index contributed by atoms with van der Waals surface area (Å²) in [6.07, 6.45) is 0.960. The van der Waals surface area contributed by atoms with Crippen molar-refractivity contribution < 1.29 is 33.5 Å². The number of benzene rings is 1. The Morgan fingerprint density at radius 2 is 1.93 bits per heavy atom. The minimum atomic E-state index is -1.86. The first-order valence-electron chi connectivity index (χ1n) is 13.4. The number of aliphatic hydroxyl groups excluding tert-OH is 1. The van der Waals surface area contributed by atoms with Crippen LogP contribution in [0.5, 0.6) is 5.75 Å². The Labute approximate surface area is 240 Å². The fraction of sp³-hybridized carbons (Fsp3) is 0.400. The number of ketones is 3. The maximum absolute atomic E-state index is 14.5. The highest BCUT2D eigenvalue weighted by Crippen LogP contribution is 2.58. The highest BCUT2D eigenvalue weighted by molar-refractivity contribution is 6.32. The Bertz CT molecular complexity index is 1600. The zero-order valence-electron chi connectivity index (χ0n) is 22.7. The molecule has 1 N–H and O–H groups in total. The first kappa shape index (κ1) is 27.4. The first-order chi connectivity index (χ1) is 19.6. The predicted octanol–water partition coefficient (Wildman–Crippen LogP) is 3.46. The Morgan fingerprint density at radius 3 is 2.59 bits per heavy atom. The van der Waals surface area contributed by atoms with Crippen LogP contribution in [0.15, 0.2) is 34.9 Å². The Kier molecular flexibility index (Phi) is 6.67. The van der Waals surface area contributed by atoms with E-state index >= 15 is 0 Å². The molecule has 0 bridgehead atoms. The van der Waals surface area contributed by atoms with Gasteiger partial charge in [0.2, 0.25) is 0 Å². The first-order valence-corrected chi connectivity index (χ1v) is 13.7. The summed E-state index contributed by atoms with van der Waals surface area (Å²) in [6, 6.07) is 8.69. The van der Waals surface area contributed by atoms with Gasteiger partial charge in [0.05, 0.1) is 35.4 Å². The number of Topliss-reactive ketones (excluding diaryl/α,β-unsaturated/α-hetero) is 3. The molecule has 11 heteroatoms. The normalized spacial score (nSPS) is 26.7. The number of hydrogen-bond acceptors (Lipinski definition) is 10. The second-order valence-corrected chi connectivity index (χ2v) is 11.6. The van der Waals surface area contributed by atoms with Gasteiger partial charge in [-0.05, 0) is 50.9 Å². The number of aryl methyl sites for hydroxylation is 1.